The number of carbonyl (C=O) groups is 2. The summed E-state index contributed by atoms with van der Waals surface area (Å²) >= 11 is 0. The van der Waals surface area contributed by atoms with Crippen LogP contribution in [-0.2, 0) is 9.59 Å². The van der Waals surface area contributed by atoms with Gasteiger partial charge in [0.15, 0.2) is 0 Å². The lowest BCUT2D eigenvalue weighted by Crippen LogP contribution is -2.25. The first-order chi connectivity index (χ1) is 15.7. The number of hydrogen-bond acceptors (Lipinski definition) is 2. The lowest BCUT2D eigenvalue weighted by atomic mass is 10.1. The van der Waals surface area contributed by atoms with E-state index in [0.29, 0.717) is 12.8 Å². The standard InChI is InChI=1S/C28H52N2O2/c1-3-5-7-9-11-13-15-17-21-25-29-27(31)23-19-20-24-28(32)30-26-22-18-16-14-12-10-8-6-4-2/h11-14H,3-10,15-26H2,1-2H3,(H,29,31)(H,30,32)/b13-11+,14-12+. The summed E-state index contributed by atoms with van der Waals surface area (Å²) in [6.07, 6.45) is 28.4. The molecule has 0 radical (unpaired) electrons. The van der Waals surface area contributed by atoms with E-state index in [1.807, 2.05) is 0 Å². The molecule has 0 fully saturated rings. The Balaban J connectivity index is 3.38. The quantitative estimate of drug-likeness (QED) is 0.126. The molecule has 0 heterocycles. The fourth-order valence-corrected chi connectivity index (χ4v) is 3.47. The van der Waals surface area contributed by atoms with Gasteiger partial charge in [-0.1, -0.05) is 63.8 Å². The third kappa shape index (κ3) is 24.7. The van der Waals surface area contributed by atoms with Gasteiger partial charge < -0.3 is 10.6 Å². The van der Waals surface area contributed by atoms with Gasteiger partial charge in [-0.05, 0) is 77.0 Å². The molecule has 0 aliphatic heterocycles. The summed E-state index contributed by atoms with van der Waals surface area (Å²) < 4.78 is 0. The number of rotatable bonds is 23. The molecule has 0 rings (SSSR count). The average molecular weight is 449 g/mol. The van der Waals surface area contributed by atoms with E-state index in [-0.39, 0.29) is 11.8 Å². The molecule has 0 aliphatic rings. The van der Waals surface area contributed by atoms with Gasteiger partial charge in [0.25, 0.3) is 0 Å². The number of amides is 2. The zero-order valence-corrected chi connectivity index (χ0v) is 21.3. The number of unbranched alkanes of at least 4 members (excludes halogenated alkanes) is 11. The monoisotopic (exact) mass is 448 g/mol. The first-order valence-electron chi connectivity index (χ1n) is 13.5. The first-order valence-corrected chi connectivity index (χ1v) is 13.5. The van der Waals surface area contributed by atoms with E-state index < -0.39 is 0 Å². The molecule has 0 aromatic carbocycles. The smallest absolute Gasteiger partial charge is 0.219 e. The Morgan fingerprint density at radius 1 is 0.500 bits per heavy atom. The van der Waals surface area contributed by atoms with Crippen molar-refractivity contribution in [3.63, 3.8) is 0 Å². The average Bonchev–Trinajstić information content (AvgIpc) is 2.79. The second-order valence-corrected chi connectivity index (χ2v) is 8.83. The molecule has 32 heavy (non-hydrogen) atoms. The van der Waals surface area contributed by atoms with Crippen LogP contribution in [0.5, 0.6) is 0 Å². The van der Waals surface area contributed by atoms with Crippen LogP contribution in [0.25, 0.3) is 0 Å². The van der Waals surface area contributed by atoms with Gasteiger partial charge in [0.2, 0.25) is 11.8 Å². The summed E-state index contributed by atoms with van der Waals surface area (Å²) in [5, 5.41) is 5.99. The van der Waals surface area contributed by atoms with Gasteiger partial charge in [0.1, 0.15) is 0 Å². The van der Waals surface area contributed by atoms with Crippen molar-refractivity contribution in [1.29, 1.82) is 0 Å². The fourth-order valence-electron chi connectivity index (χ4n) is 3.47. The van der Waals surface area contributed by atoms with Crippen LogP contribution in [0.2, 0.25) is 0 Å². The molecule has 0 saturated heterocycles. The van der Waals surface area contributed by atoms with E-state index in [9.17, 15) is 9.59 Å². The Labute approximate surface area is 199 Å². The Bertz CT molecular complexity index is 442. The molecule has 0 aliphatic carbocycles. The zero-order valence-electron chi connectivity index (χ0n) is 21.3. The normalized spacial score (nSPS) is 11.4. The highest BCUT2D eigenvalue weighted by Gasteiger charge is 2.03. The maximum atomic E-state index is 11.9. The maximum Gasteiger partial charge on any atom is 0.219 e. The molecule has 0 bridgehead atoms. The predicted octanol–water partition coefficient (Wildman–Crippen LogP) is 7.39. The van der Waals surface area contributed by atoms with E-state index in [1.54, 1.807) is 0 Å². The Morgan fingerprint density at radius 3 is 1.19 bits per heavy atom. The lowest BCUT2D eigenvalue weighted by molar-refractivity contribution is -0.123. The van der Waals surface area contributed by atoms with Crippen molar-refractivity contribution in [1.82, 2.24) is 10.6 Å². The van der Waals surface area contributed by atoms with Gasteiger partial charge in [-0.3, -0.25) is 9.59 Å². The van der Waals surface area contributed by atoms with Gasteiger partial charge >= 0.3 is 0 Å². The van der Waals surface area contributed by atoms with Crippen molar-refractivity contribution >= 4 is 11.8 Å². The molecule has 0 saturated carbocycles. The van der Waals surface area contributed by atoms with Crippen LogP contribution < -0.4 is 10.6 Å². The van der Waals surface area contributed by atoms with Crippen molar-refractivity contribution in [2.75, 3.05) is 13.1 Å². The van der Waals surface area contributed by atoms with Crippen LogP contribution in [0, 0.1) is 0 Å². The lowest BCUT2D eigenvalue weighted by Gasteiger charge is -2.06. The second-order valence-electron chi connectivity index (χ2n) is 8.83. The molecule has 2 N–H and O–H groups in total. The summed E-state index contributed by atoms with van der Waals surface area (Å²) in [5.74, 6) is 0.228. The molecule has 186 valence electrons. The maximum absolute atomic E-state index is 11.9. The SMILES string of the molecule is CCCCC/C=C/CCCCNC(=O)CCCCC(=O)NCCCC/C=C/CCCCC. The predicted molar refractivity (Wildman–Crippen MR) is 139 cm³/mol. The van der Waals surface area contributed by atoms with Crippen LogP contribution in [0.3, 0.4) is 0 Å². The highest BCUT2D eigenvalue weighted by molar-refractivity contribution is 5.77. The van der Waals surface area contributed by atoms with Gasteiger partial charge in [-0.15, -0.1) is 0 Å². The third-order valence-electron chi connectivity index (χ3n) is 5.58. The molecule has 4 heteroatoms. The number of hydrogen-bond donors (Lipinski definition) is 2. The van der Waals surface area contributed by atoms with Crippen LogP contribution in [-0.4, -0.2) is 24.9 Å². The third-order valence-corrected chi connectivity index (χ3v) is 5.58. The minimum absolute atomic E-state index is 0.114. The van der Waals surface area contributed by atoms with Crippen molar-refractivity contribution in [3.8, 4) is 0 Å². The fraction of sp³-hybridized carbons (Fsp3) is 0.786. The highest BCUT2D eigenvalue weighted by Crippen LogP contribution is 2.04. The highest BCUT2D eigenvalue weighted by atomic mass is 16.2. The molecule has 4 nitrogen and oxygen atoms in total. The van der Waals surface area contributed by atoms with E-state index >= 15 is 0 Å². The van der Waals surface area contributed by atoms with Gasteiger partial charge in [-0.2, -0.15) is 0 Å². The van der Waals surface area contributed by atoms with Crippen molar-refractivity contribution in [2.45, 2.75) is 129 Å². The summed E-state index contributed by atoms with van der Waals surface area (Å²) in [6.45, 7) is 5.98. The molecule has 0 aromatic heterocycles. The number of nitrogens with one attached hydrogen (secondary N) is 2. The summed E-state index contributed by atoms with van der Waals surface area (Å²) in [4.78, 5) is 23.7. The van der Waals surface area contributed by atoms with E-state index in [2.05, 4.69) is 48.8 Å². The van der Waals surface area contributed by atoms with Gasteiger partial charge in [0.05, 0.1) is 0 Å². The molecule has 0 spiro atoms. The Hall–Kier alpha value is -1.58. The summed E-state index contributed by atoms with van der Waals surface area (Å²) in [6, 6.07) is 0. The minimum Gasteiger partial charge on any atom is -0.356 e. The number of allylic oxidation sites excluding steroid dienone is 4. The number of carbonyl (C=O) groups excluding carboxylic acids is 2. The molecule has 2 amide bonds. The molecular weight excluding hydrogens is 396 g/mol. The molecule has 0 unspecified atom stereocenters. The Morgan fingerprint density at radius 2 is 0.844 bits per heavy atom. The summed E-state index contributed by atoms with van der Waals surface area (Å²) in [5.41, 5.74) is 0. The van der Waals surface area contributed by atoms with Crippen LogP contribution in [0.1, 0.15) is 129 Å². The zero-order chi connectivity index (χ0) is 23.5. The van der Waals surface area contributed by atoms with Crippen LogP contribution in [0.15, 0.2) is 24.3 Å². The van der Waals surface area contributed by atoms with Crippen molar-refractivity contribution in [3.05, 3.63) is 24.3 Å². The van der Waals surface area contributed by atoms with Gasteiger partial charge in [-0.25, -0.2) is 0 Å². The second kappa shape index (κ2) is 25.7. The molecular formula is C28H52N2O2. The topological polar surface area (TPSA) is 58.2 Å². The molecule has 0 aromatic rings. The van der Waals surface area contributed by atoms with Crippen molar-refractivity contribution < 1.29 is 9.59 Å². The van der Waals surface area contributed by atoms with Crippen LogP contribution in [0.4, 0.5) is 0 Å². The van der Waals surface area contributed by atoms with Gasteiger partial charge in [0, 0.05) is 25.9 Å². The minimum atomic E-state index is 0.114. The summed E-state index contributed by atoms with van der Waals surface area (Å²) in [7, 11) is 0. The van der Waals surface area contributed by atoms with Crippen molar-refractivity contribution in [2.24, 2.45) is 0 Å². The molecule has 0 atom stereocenters. The first kappa shape index (κ1) is 30.4. The Kier molecular flexibility index (Phi) is 24.4. The largest absolute Gasteiger partial charge is 0.356 e. The van der Waals surface area contributed by atoms with Crippen LogP contribution >= 0.6 is 0 Å². The van der Waals surface area contributed by atoms with E-state index in [0.717, 1.165) is 64.5 Å². The van der Waals surface area contributed by atoms with E-state index in [4.69, 9.17) is 0 Å². The van der Waals surface area contributed by atoms with E-state index in [1.165, 1.54) is 51.4 Å².